The molecule has 0 atom stereocenters. The Labute approximate surface area is 89.5 Å². The molecular formula is C8H11N3O5. The van der Waals surface area contributed by atoms with Crippen LogP contribution in [0.3, 0.4) is 0 Å². The molecule has 0 radical (unpaired) electrons. The third kappa shape index (κ3) is 1.74. The molecule has 1 heterocycles. The molecule has 0 bridgehead atoms. The van der Waals surface area contributed by atoms with E-state index in [9.17, 15) is 19.7 Å². The Morgan fingerprint density at radius 2 is 2.00 bits per heavy atom. The Morgan fingerprint density at radius 1 is 1.44 bits per heavy atom. The van der Waals surface area contributed by atoms with Crippen molar-refractivity contribution >= 4 is 5.69 Å². The van der Waals surface area contributed by atoms with E-state index in [1.807, 2.05) is 0 Å². The van der Waals surface area contributed by atoms with Crippen molar-refractivity contribution in [2.75, 3.05) is 6.61 Å². The number of rotatable bonds is 3. The molecule has 0 aliphatic heterocycles. The first-order valence-corrected chi connectivity index (χ1v) is 4.47. The second kappa shape index (κ2) is 4.27. The average Bonchev–Trinajstić information content (AvgIpc) is 2.21. The lowest BCUT2D eigenvalue weighted by Gasteiger charge is -2.09. The number of hydrogen-bond donors (Lipinski definition) is 1. The van der Waals surface area contributed by atoms with Crippen molar-refractivity contribution < 1.29 is 10.0 Å². The molecule has 0 aliphatic carbocycles. The summed E-state index contributed by atoms with van der Waals surface area (Å²) in [6.07, 6.45) is 0. The molecule has 0 aliphatic rings. The first-order chi connectivity index (χ1) is 7.41. The minimum atomic E-state index is -0.943. The van der Waals surface area contributed by atoms with Gasteiger partial charge in [-0.25, -0.2) is 4.79 Å². The summed E-state index contributed by atoms with van der Waals surface area (Å²) in [5.41, 5.74) is -2.31. The molecule has 1 rings (SSSR count). The fourth-order valence-corrected chi connectivity index (χ4v) is 1.43. The van der Waals surface area contributed by atoms with E-state index in [0.29, 0.717) is 4.57 Å². The number of aromatic nitrogens is 2. The van der Waals surface area contributed by atoms with Crippen LogP contribution in [0.2, 0.25) is 0 Å². The lowest BCUT2D eigenvalue weighted by molar-refractivity contribution is -0.387. The summed E-state index contributed by atoms with van der Waals surface area (Å²) in [5.74, 6) is 0. The van der Waals surface area contributed by atoms with Crippen LogP contribution in [0.25, 0.3) is 0 Å². The van der Waals surface area contributed by atoms with Crippen molar-refractivity contribution in [1.82, 2.24) is 9.13 Å². The zero-order valence-electron chi connectivity index (χ0n) is 8.84. The van der Waals surface area contributed by atoms with E-state index in [1.165, 1.54) is 6.92 Å². The van der Waals surface area contributed by atoms with Gasteiger partial charge in [0.15, 0.2) is 0 Å². The van der Waals surface area contributed by atoms with Crippen LogP contribution in [0, 0.1) is 17.0 Å². The highest BCUT2D eigenvalue weighted by atomic mass is 16.6. The van der Waals surface area contributed by atoms with E-state index in [4.69, 9.17) is 5.11 Å². The van der Waals surface area contributed by atoms with Crippen LogP contribution in [0.4, 0.5) is 5.69 Å². The molecule has 0 spiro atoms. The monoisotopic (exact) mass is 229 g/mol. The maximum atomic E-state index is 11.6. The van der Waals surface area contributed by atoms with Crippen molar-refractivity contribution in [3.8, 4) is 0 Å². The molecule has 88 valence electrons. The highest BCUT2D eigenvalue weighted by Crippen LogP contribution is 2.08. The maximum Gasteiger partial charge on any atom is 0.353 e. The quantitative estimate of drug-likeness (QED) is 0.515. The molecule has 0 fully saturated rings. The lowest BCUT2D eigenvalue weighted by atomic mass is 10.3. The molecular weight excluding hydrogens is 218 g/mol. The third-order valence-corrected chi connectivity index (χ3v) is 2.28. The van der Waals surface area contributed by atoms with Crippen molar-refractivity contribution in [2.45, 2.75) is 13.5 Å². The Kier molecular flexibility index (Phi) is 3.23. The number of hydrogen-bond acceptors (Lipinski definition) is 5. The minimum absolute atomic E-state index is 0.0489. The van der Waals surface area contributed by atoms with E-state index < -0.39 is 21.9 Å². The van der Waals surface area contributed by atoms with Gasteiger partial charge in [-0.1, -0.05) is 0 Å². The van der Waals surface area contributed by atoms with Crippen LogP contribution in [0.15, 0.2) is 9.59 Å². The second-order valence-electron chi connectivity index (χ2n) is 3.21. The van der Waals surface area contributed by atoms with E-state index in [0.717, 1.165) is 11.6 Å². The van der Waals surface area contributed by atoms with Gasteiger partial charge >= 0.3 is 16.9 Å². The first-order valence-electron chi connectivity index (χ1n) is 4.47. The number of nitrogens with zero attached hydrogens (tertiary/aromatic N) is 3. The predicted molar refractivity (Wildman–Crippen MR) is 54.4 cm³/mol. The van der Waals surface area contributed by atoms with Crippen molar-refractivity contribution in [2.24, 2.45) is 7.05 Å². The Bertz CT molecular complexity index is 542. The Morgan fingerprint density at radius 3 is 2.44 bits per heavy atom. The van der Waals surface area contributed by atoms with Gasteiger partial charge < -0.3 is 5.11 Å². The van der Waals surface area contributed by atoms with Gasteiger partial charge in [0.05, 0.1) is 18.1 Å². The molecule has 8 nitrogen and oxygen atoms in total. The number of aliphatic hydroxyl groups is 1. The lowest BCUT2D eigenvalue weighted by Crippen LogP contribution is -2.40. The molecule has 0 saturated carbocycles. The summed E-state index contributed by atoms with van der Waals surface area (Å²) in [4.78, 5) is 32.9. The predicted octanol–water partition coefficient (Wildman–Crippen LogP) is -1.24. The summed E-state index contributed by atoms with van der Waals surface area (Å²) < 4.78 is 1.65. The van der Waals surface area contributed by atoms with Crippen LogP contribution in [-0.4, -0.2) is 25.8 Å². The van der Waals surface area contributed by atoms with Crippen LogP contribution in [0.5, 0.6) is 0 Å². The topological polar surface area (TPSA) is 107 Å². The molecule has 1 N–H and O–H groups in total. The van der Waals surface area contributed by atoms with E-state index in [-0.39, 0.29) is 18.8 Å². The van der Waals surface area contributed by atoms with Crippen molar-refractivity contribution in [3.05, 3.63) is 36.6 Å². The summed E-state index contributed by atoms with van der Waals surface area (Å²) in [5, 5.41) is 19.4. The van der Waals surface area contributed by atoms with Gasteiger partial charge in [0, 0.05) is 7.05 Å². The van der Waals surface area contributed by atoms with Gasteiger partial charge in [0.1, 0.15) is 5.69 Å². The average molecular weight is 229 g/mol. The van der Waals surface area contributed by atoms with Crippen molar-refractivity contribution in [3.63, 3.8) is 0 Å². The highest BCUT2D eigenvalue weighted by molar-refractivity contribution is 5.31. The summed E-state index contributed by atoms with van der Waals surface area (Å²) in [7, 11) is 1.16. The van der Waals surface area contributed by atoms with E-state index >= 15 is 0 Å². The normalized spacial score (nSPS) is 10.4. The van der Waals surface area contributed by atoms with Gasteiger partial charge in [-0.3, -0.25) is 24.0 Å². The van der Waals surface area contributed by atoms with E-state index in [2.05, 4.69) is 0 Å². The number of nitro groups is 1. The molecule has 1 aromatic rings. The molecule has 1 aromatic heterocycles. The third-order valence-electron chi connectivity index (χ3n) is 2.28. The van der Waals surface area contributed by atoms with Gasteiger partial charge in [-0.2, -0.15) is 0 Å². The minimum Gasteiger partial charge on any atom is -0.395 e. The SMILES string of the molecule is Cc1c([N+](=O)[O-])c(=O)n(C)c(=O)n1CCO. The molecule has 0 saturated heterocycles. The Balaban J connectivity index is 3.73. The Hall–Kier alpha value is -1.96. The van der Waals surface area contributed by atoms with Gasteiger partial charge in [-0.15, -0.1) is 0 Å². The zero-order valence-corrected chi connectivity index (χ0v) is 8.84. The van der Waals surface area contributed by atoms with Crippen LogP contribution < -0.4 is 11.2 Å². The smallest absolute Gasteiger partial charge is 0.353 e. The molecule has 16 heavy (non-hydrogen) atoms. The highest BCUT2D eigenvalue weighted by Gasteiger charge is 2.23. The zero-order chi connectivity index (χ0) is 12.5. The van der Waals surface area contributed by atoms with Gasteiger partial charge in [0.2, 0.25) is 0 Å². The van der Waals surface area contributed by atoms with Gasteiger partial charge in [0.25, 0.3) is 0 Å². The largest absolute Gasteiger partial charge is 0.395 e. The van der Waals surface area contributed by atoms with Gasteiger partial charge in [-0.05, 0) is 6.92 Å². The number of aliphatic hydroxyl groups excluding tert-OH is 1. The summed E-state index contributed by atoms with van der Waals surface area (Å²) >= 11 is 0. The second-order valence-corrected chi connectivity index (χ2v) is 3.21. The maximum absolute atomic E-state index is 11.6. The van der Waals surface area contributed by atoms with Crippen molar-refractivity contribution in [1.29, 1.82) is 0 Å². The fourth-order valence-electron chi connectivity index (χ4n) is 1.43. The first kappa shape index (κ1) is 12.1. The molecule has 0 aromatic carbocycles. The van der Waals surface area contributed by atoms with Crippen LogP contribution in [-0.2, 0) is 13.6 Å². The van der Waals surface area contributed by atoms with E-state index in [1.54, 1.807) is 0 Å². The molecule has 0 unspecified atom stereocenters. The van der Waals surface area contributed by atoms with Crippen LogP contribution in [0.1, 0.15) is 5.69 Å². The summed E-state index contributed by atoms with van der Waals surface area (Å²) in [6.45, 7) is 0.881. The molecule has 8 heteroatoms. The van der Waals surface area contributed by atoms with Crippen LogP contribution >= 0.6 is 0 Å². The standard InChI is InChI=1S/C8H11N3O5/c1-5-6(11(15)16)7(13)9(2)8(14)10(5)3-4-12/h12H,3-4H2,1-2H3. The molecule has 0 amide bonds. The summed E-state index contributed by atoms with van der Waals surface area (Å²) in [6, 6.07) is 0. The fraction of sp³-hybridized carbons (Fsp3) is 0.500.